The minimum atomic E-state index is -0.972. The van der Waals surface area contributed by atoms with Crippen LogP contribution >= 0.6 is 0 Å². The van der Waals surface area contributed by atoms with Gasteiger partial charge in [-0.25, -0.2) is 0 Å². The van der Waals surface area contributed by atoms with Gasteiger partial charge in [0.2, 0.25) is 0 Å². The van der Waals surface area contributed by atoms with Gasteiger partial charge in [-0.2, -0.15) is 0 Å². The Kier molecular flexibility index (Phi) is 5.95. The van der Waals surface area contributed by atoms with E-state index < -0.39 is 11.9 Å². The van der Waals surface area contributed by atoms with Crippen molar-refractivity contribution in [1.82, 2.24) is 0 Å². The maximum atomic E-state index is 12.4. The lowest BCUT2D eigenvalue weighted by Crippen LogP contribution is -2.51. The second-order valence-corrected chi connectivity index (χ2v) is 10.7. The summed E-state index contributed by atoms with van der Waals surface area (Å²) >= 11 is 0. The molecule has 0 saturated heterocycles. The largest absolute Gasteiger partial charge is 0.481 e. The summed E-state index contributed by atoms with van der Waals surface area (Å²) in [7, 11) is 1.51. The molecule has 31 heavy (non-hydrogen) atoms. The normalized spacial score (nSPS) is 41.3. The van der Waals surface area contributed by atoms with E-state index >= 15 is 0 Å². The van der Waals surface area contributed by atoms with Crippen molar-refractivity contribution in [1.29, 1.82) is 0 Å². The maximum Gasteiger partial charge on any atom is 0.309 e. The molecule has 3 saturated carbocycles. The molecule has 4 rings (SSSR count). The van der Waals surface area contributed by atoms with E-state index in [1.807, 2.05) is 0 Å². The molecule has 0 aromatic rings. The first kappa shape index (κ1) is 22.3. The van der Waals surface area contributed by atoms with E-state index in [-0.39, 0.29) is 41.7 Å². The molecule has 0 amide bonds. The Labute approximate surface area is 184 Å². The third-order valence-corrected chi connectivity index (χ3v) is 9.39. The van der Waals surface area contributed by atoms with Gasteiger partial charge in [-0.05, 0) is 73.5 Å². The zero-order valence-corrected chi connectivity index (χ0v) is 19.0. The van der Waals surface area contributed by atoms with Gasteiger partial charge >= 0.3 is 17.9 Å². The minimum Gasteiger partial charge on any atom is -0.481 e. The Balaban J connectivity index is 1.46. The van der Waals surface area contributed by atoms with Crippen molar-refractivity contribution < 1.29 is 29.0 Å². The molecule has 4 aliphatic rings. The number of carboxylic acid groups (broad SMARTS) is 1. The van der Waals surface area contributed by atoms with E-state index in [1.165, 1.54) is 12.7 Å². The minimum absolute atomic E-state index is 0.0302. The van der Waals surface area contributed by atoms with Crippen LogP contribution in [0.25, 0.3) is 0 Å². The van der Waals surface area contributed by atoms with Crippen LogP contribution in [0.3, 0.4) is 0 Å². The summed E-state index contributed by atoms with van der Waals surface area (Å²) in [5, 5.41) is 8.77. The number of rotatable bonds is 5. The lowest BCUT2D eigenvalue weighted by Gasteiger charge is -2.57. The fourth-order valence-corrected chi connectivity index (χ4v) is 7.71. The lowest BCUT2D eigenvalue weighted by atomic mass is 9.47. The number of allylic oxidation sites excluding steroid dienone is 1. The first-order chi connectivity index (χ1) is 14.7. The molecule has 0 spiro atoms. The second kappa shape index (κ2) is 8.25. The zero-order valence-electron chi connectivity index (χ0n) is 19.0. The van der Waals surface area contributed by atoms with Crippen molar-refractivity contribution in [3.8, 4) is 0 Å². The number of esters is 2. The predicted octanol–water partition coefficient (Wildman–Crippen LogP) is 4.52. The van der Waals surface area contributed by atoms with Crippen LogP contribution in [0.15, 0.2) is 11.6 Å². The topological polar surface area (TPSA) is 89.9 Å². The summed E-state index contributed by atoms with van der Waals surface area (Å²) in [5.74, 6) is 0.409. The number of fused-ring (bicyclic) bond motifs is 5. The van der Waals surface area contributed by atoms with Crippen LogP contribution in [0.2, 0.25) is 0 Å². The number of hydrogen-bond acceptors (Lipinski definition) is 5. The average Bonchev–Trinajstić information content (AvgIpc) is 3.09. The number of carbonyl (C=O) groups is 3. The number of hydrogen-bond donors (Lipinski definition) is 1. The van der Waals surface area contributed by atoms with Crippen molar-refractivity contribution in [3.63, 3.8) is 0 Å². The molecule has 6 heteroatoms. The SMILES string of the molecule is COC(=O)[C@@H]1CC[C@@H]2[C@H]3CC=C4C[C@H](OC(=O)CCC(=O)O)CC[C@]4(C)[C@@H]3CC[C@@]21C. The van der Waals surface area contributed by atoms with Gasteiger partial charge in [0.15, 0.2) is 0 Å². The van der Waals surface area contributed by atoms with Gasteiger partial charge in [0, 0.05) is 6.42 Å². The van der Waals surface area contributed by atoms with Crippen LogP contribution in [-0.4, -0.2) is 36.2 Å². The fourth-order valence-electron chi connectivity index (χ4n) is 7.71. The first-order valence-electron chi connectivity index (χ1n) is 11.9. The molecular formula is C25H36O6. The van der Waals surface area contributed by atoms with Gasteiger partial charge in [0.25, 0.3) is 0 Å². The second-order valence-electron chi connectivity index (χ2n) is 10.7. The number of carboxylic acids is 1. The molecule has 3 fully saturated rings. The highest BCUT2D eigenvalue weighted by atomic mass is 16.5. The Morgan fingerprint density at radius 2 is 1.84 bits per heavy atom. The van der Waals surface area contributed by atoms with Crippen molar-refractivity contribution in [3.05, 3.63) is 11.6 Å². The van der Waals surface area contributed by atoms with E-state index in [1.54, 1.807) is 0 Å². The summed E-state index contributed by atoms with van der Waals surface area (Å²) in [5.41, 5.74) is 1.60. The quantitative estimate of drug-likeness (QED) is 0.508. The van der Waals surface area contributed by atoms with Crippen LogP contribution in [0.5, 0.6) is 0 Å². The molecule has 0 heterocycles. The van der Waals surface area contributed by atoms with Gasteiger partial charge in [0.1, 0.15) is 6.10 Å². The molecule has 172 valence electrons. The monoisotopic (exact) mass is 432 g/mol. The van der Waals surface area contributed by atoms with Crippen LogP contribution in [-0.2, 0) is 23.9 Å². The average molecular weight is 433 g/mol. The lowest BCUT2D eigenvalue weighted by molar-refractivity contribution is -0.155. The summed E-state index contributed by atoms with van der Waals surface area (Å²) in [6, 6.07) is 0. The predicted molar refractivity (Wildman–Crippen MR) is 114 cm³/mol. The molecule has 0 radical (unpaired) electrons. The third-order valence-electron chi connectivity index (χ3n) is 9.39. The van der Waals surface area contributed by atoms with Gasteiger partial charge < -0.3 is 14.6 Å². The highest BCUT2D eigenvalue weighted by Crippen LogP contribution is 2.66. The van der Waals surface area contributed by atoms with Crippen molar-refractivity contribution in [2.45, 2.75) is 84.2 Å². The van der Waals surface area contributed by atoms with Gasteiger partial charge in [-0.15, -0.1) is 0 Å². The van der Waals surface area contributed by atoms with E-state index in [4.69, 9.17) is 14.6 Å². The Morgan fingerprint density at radius 1 is 1.06 bits per heavy atom. The van der Waals surface area contributed by atoms with Crippen LogP contribution in [0.1, 0.15) is 78.1 Å². The molecule has 6 nitrogen and oxygen atoms in total. The smallest absolute Gasteiger partial charge is 0.309 e. The first-order valence-corrected chi connectivity index (χ1v) is 11.9. The molecule has 0 aromatic heterocycles. The van der Waals surface area contributed by atoms with Crippen molar-refractivity contribution in [2.75, 3.05) is 7.11 Å². The zero-order chi connectivity index (χ0) is 22.4. The van der Waals surface area contributed by atoms with Crippen LogP contribution < -0.4 is 0 Å². The fraction of sp³-hybridized carbons (Fsp3) is 0.800. The van der Waals surface area contributed by atoms with E-state index in [0.29, 0.717) is 17.8 Å². The molecule has 0 unspecified atom stereocenters. The van der Waals surface area contributed by atoms with E-state index in [9.17, 15) is 14.4 Å². The Morgan fingerprint density at radius 3 is 2.55 bits per heavy atom. The Bertz CT molecular complexity index is 787. The summed E-state index contributed by atoms with van der Waals surface area (Å²) < 4.78 is 10.8. The van der Waals surface area contributed by atoms with Gasteiger partial charge in [-0.1, -0.05) is 25.5 Å². The van der Waals surface area contributed by atoms with Gasteiger partial charge in [-0.3, -0.25) is 14.4 Å². The van der Waals surface area contributed by atoms with Gasteiger partial charge in [0.05, 0.1) is 25.9 Å². The number of aliphatic carboxylic acids is 1. The summed E-state index contributed by atoms with van der Waals surface area (Å²) in [6.07, 6.45) is 9.95. The van der Waals surface area contributed by atoms with Crippen LogP contribution in [0.4, 0.5) is 0 Å². The third kappa shape index (κ3) is 3.80. The molecule has 1 N–H and O–H groups in total. The number of methoxy groups -OCH3 is 1. The number of carbonyl (C=O) groups excluding carboxylic acids is 2. The molecule has 0 bridgehead atoms. The van der Waals surface area contributed by atoms with Crippen molar-refractivity contribution in [2.24, 2.45) is 34.5 Å². The van der Waals surface area contributed by atoms with Crippen molar-refractivity contribution >= 4 is 17.9 Å². The summed E-state index contributed by atoms with van der Waals surface area (Å²) in [6.45, 7) is 4.71. The number of ether oxygens (including phenoxy) is 2. The van der Waals surface area contributed by atoms with Crippen LogP contribution in [0, 0.1) is 34.5 Å². The highest BCUT2D eigenvalue weighted by Gasteiger charge is 2.60. The molecular weight excluding hydrogens is 396 g/mol. The standard InChI is InChI=1S/C25H36O6/c1-24-12-10-16(31-22(28)9-8-21(26)27)14-15(24)4-5-17-18-6-7-20(23(29)30-3)25(18,2)13-11-19(17)24/h4,16-20H,5-14H2,1-3H3,(H,26,27)/t16-,17-,18-,19-,20+,24+,25+/m1/s1. The Hall–Kier alpha value is -1.85. The summed E-state index contributed by atoms with van der Waals surface area (Å²) in [4.78, 5) is 35.1. The molecule has 0 aliphatic heterocycles. The van der Waals surface area contributed by atoms with E-state index in [2.05, 4.69) is 19.9 Å². The molecule has 4 aliphatic carbocycles. The maximum absolute atomic E-state index is 12.4. The van der Waals surface area contributed by atoms with E-state index in [0.717, 1.165) is 51.4 Å². The highest BCUT2D eigenvalue weighted by molar-refractivity contribution is 5.76. The molecule has 7 atom stereocenters. The molecule has 0 aromatic carbocycles.